The quantitative estimate of drug-likeness (QED) is 0.0983. The van der Waals surface area contributed by atoms with E-state index in [0.717, 1.165) is 0 Å². The average Bonchev–Trinajstić information content (AvgIpc) is 2.87. The van der Waals surface area contributed by atoms with Gasteiger partial charge < -0.3 is 50.8 Å². The summed E-state index contributed by atoms with van der Waals surface area (Å²) in [4.78, 5) is 68.5. The van der Waals surface area contributed by atoms with Gasteiger partial charge in [0.2, 0.25) is 0 Å². The van der Waals surface area contributed by atoms with E-state index in [1.165, 1.54) is 0 Å². The number of aliphatic hydroxyl groups excluding tert-OH is 2. The summed E-state index contributed by atoms with van der Waals surface area (Å²) >= 11 is 0. The summed E-state index contributed by atoms with van der Waals surface area (Å²) in [6.45, 7) is 14.8. The molecule has 0 heterocycles. The molecule has 4 atom stereocenters. The number of carbonyl (C=O) groups excluding carboxylic acids is 5. The number of nitrogens with one attached hydrogen (secondary N) is 4. The molecule has 16 nitrogen and oxygen atoms in total. The van der Waals surface area contributed by atoms with Gasteiger partial charge in [-0.25, -0.2) is 9.59 Å². The maximum absolute atomic E-state index is 11.9. The minimum absolute atomic E-state index is 0.204. The van der Waals surface area contributed by atoms with Crippen molar-refractivity contribution in [2.75, 3.05) is 19.7 Å². The van der Waals surface area contributed by atoms with Crippen LogP contribution in [0.2, 0.25) is 0 Å². The Labute approximate surface area is 258 Å². The third-order valence-electron chi connectivity index (χ3n) is 5.03. The van der Waals surface area contributed by atoms with Crippen molar-refractivity contribution in [2.45, 2.75) is 123 Å². The zero-order valence-corrected chi connectivity index (χ0v) is 27.3. The molecule has 0 aromatic rings. The van der Waals surface area contributed by atoms with Crippen molar-refractivity contribution < 1.29 is 58.3 Å². The number of rotatable bonds is 15. The van der Waals surface area contributed by atoms with Crippen molar-refractivity contribution in [3.63, 3.8) is 0 Å². The van der Waals surface area contributed by atoms with Crippen LogP contribution in [0.4, 0.5) is 9.59 Å². The van der Waals surface area contributed by atoms with E-state index in [4.69, 9.17) is 14.6 Å². The minimum Gasteiger partial charge on any atom is -0.480 e. The summed E-state index contributed by atoms with van der Waals surface area (Å²) in [6, 6.07) is -1.66. The van der Waals surface area contributed by atoms with E-state index in [-0.39, 0.29) is 13.2 Å². The van der Waals surface area contributed by atoms with Crippen LogP contribution < -0.4 is 21.3 Å². The van der Waals surface area contributed by atoms with Gasteiger partial charge in [0.05, 0.1) is 18.7 Å². The lowest BCUT2D eigenvalue weighted by Crippen LogP contribution is -2.52. The topological polar surface area (TPSA) is 239 Å². The van der Waals surface area contributed by atoms with E-state index < -0.39 is 78.0 Å². The lowest BCUT2D eigenvalue weighted by Gasteiger charge is -2.26. The maximum atomic E-state index is 11.9. The lowest BCUT2D eigenvalue weighted by molar-refractivity contribution is -0.144. The Hall–Kier alpha value is -3.66. The third kappa shape index (κ3) is 22.0. The molecule has 4 amide bonds. The Bertz CT molecular complexity index is 931. The maximum Gasteiger partial charge on any atom is 0.407 e. The van der Waals surface area contributed by atoms with Crippen LogP contribution in [-0.2, 0) is 33.4 Å². The molecule has 256 valence electrons. The molecule has 0 aromatic carbocycles. The number of aliphatic carboxylic acids is 1. The molecule has 0 spiro atoms. The molecule has 0 saturated carbocycles. The standard InChI is InChI=1S/C15H28N2O6.C13H24N2O6/c1-6-8-10(17-14(21)23-15(3,4)5)12(19)13(20)16-9-11(18)22-7-2;1-5-6-8(15-12(20)21-13(2,3)4)10(18)11(19)14-7-9(16)17/h10,12,19H,6-9H2,1-5H3,(H,16,20)(H,17,21);8,10,18H,5-7H2,1-4H3,(H,14,19)(H,15,20)(H,16,17)/t10-,12?;8-,10?/m00/s1. The molecule has 7 N–H and O–H groups in total. The molecule has 44 heavy (non-hydrogen) atoms. The summed E-state index contributed by atoms with van der Waals surface area (Å²) < 4.78 is 14.8. The fourth-order valence-corrected chi connectivity index (χ4v) is 3.27. The SMILES string of the molecule is CCC[C@H](NC(=O)OC(C)(C)C)C(O)C(=O)NCC(=O)O.CCC[C@H](NC(=O)OC(C)(C)C)C(O)C(=O)NCC(=O)OCC. The first-order valence-electron chi connectivity index (χ1n) is 14.4. The largest absolute Gasteiger partial charge is 0.480 e. The molecule has 0 radical (unpaired) electrons. The Kier molecular flexibility index (Phi) is 20.4. The van der Waals surface area contributed by atoms with Crippen LogP contribution in [0.5, 0.6) is 0 Å². The van der Waals surface area contributed by atoms with Crippen LogP contribution in [0.3, 0.4) is 0 Å². The number of aliphatic hydroxyl groups is 2. The molecule has 0 saturated heterocycles. The van der Waals surface area contributed by atoms with Gasteiger partial charge in [0, 0.05) is 0 Å². The van der Waals surface area contributed by atoms with Gasteiger partial charge >= 0.3 is 24.1 Å². The normalized spacial score (nSPS) is 13.8. The third-order valence-corrected chi connectivity index (χ3v) is 5.03. The van der Waals surface area contributed by atoms with Gasteiger partial charge in [-0.05, 0) is 61.3 Å². The predicted molar refractivity (Wildman–Crippen MR) is 158 cm³/mol. The first-order valence-corrected chi connectivity index (χ1v) is 14.4. The Morgan fingerprint density at radius 3 is 1.32 bits per heavy atom. The van der Waals surface area contributed by atoms with Gasteiger partial charge in [-0.3, -0.25) is 19.2 Å². The van der Waals surface area contributed by atoms with Crippen LogP contribution in [0, 0.1) is 0 Å². The van der Waals surface area contributed by atoms with Gasteiger partial charge in [0.25, 0.3) is 11.8 Å². The van der Waals surface area contributed by atoms with Gasteiger partial charge in [-0.1, -0.05) is 26.7 Å². The summed E-state index contributed by atoms with van der Waals surface area (Å²) in [6.07, 6.45) is -2.51. The van der Waals surface area contributed by atoms with Crippen molar-refractivity contribution >= 4 is 35.9 Å². The number of ether oxygens (including phenoxy) is 3. The molecular weight excluding hydrogens is 584 g/mol. The highest BCUT2D eigenvalue weighted by molar-refractivity contribution is 5.86. The predicted octanol–water partition coefficient (Wildman–Crippen LogP) is 0.962. The molecule has 2 unspecified atom stereocenters. The Balaban J connectivity index is 0. The number of alkyl carbamates (subject to hydrolysis) is 2. The Morgan fingerprint density at radius 2 is 1.02 bits per heavy atom. The minimum atomic E-state index is -1.54. The van der Waals surface area contributed by atoms with Gasteiger partial charge in [0.15, 0.2) is 12.2 Å². The number of amides is 4. The first kappa shape index (κ1) is 42.5. The molecule has 0 aliphatic carbocycles. The summed E-state index contributed by atoms with van der Waals surface area (Å²) in [5.41, 5.74) is -1.38. The van der Waals surface area contributed by atoms with Crippen LogP contribution in [0.1, 0.15) is 88.0 Å². The van der Waals surface area contributed by atoms with Crippen molar-refractivity contribution in [1.82, 2.24) is 21.3 Å². The van der Waals surface area contributed by atoms with Gasteiger partial charge in [-0.2, -0.15) is 0 Å². The highest BCUT2D eigenvalue weighted by atomic mass is 16.6. The second kappa shape index (κ2) is 21.1. The van der Waals surface area contributed by atoms with E-state index in [0.29, 0.717) is 25.7 Å². The van der Waals surface area contributed by atoms with Crippen LogP contribution in [-0.4, -0.2) is 106 Å². The zero-order valence-electron chi connectivity index (χ0n) is 27.3. The number of carbonyl (C=O) groups is 6. The van der Waals surface area contributed by atoms with Crippen molar-refractivity contribution in [2.24, 2.45) is 0 Å². The highest BCUT2D eigenvalue weighted by Gasteiger charge is 2.30. The fourth-order valence-electron chi connectivity index (χ4n) is 3.27. The molecule has 0 bridgehead atoms. The van der Waals surface area contributed by atoms with E-state index in [1.54, 1.807) is 48.5 Å². The molecule has 0 rings (SSSR count). The van der Waals surface area contributed by atoms with Crippen LogP contribution in [0.15, 0.2) is 0 Å². The summed E-state index contributed by atoms with van der Waals surface area (Å²) in [7, 11) is 0. The van der Waals surface area contributed by atoms with E-state index in [1.807, 2.05) is 13.8 Å². The van der Waals surface area contributed by atoms with Crippen molar-refractivity contribution in [3.05, 3.63) is 0 Å². The number of hydrogen-bond donors (Lipinski definition) is 7. The van der Waals surface area contributed by atoms with Gasteiger partial charge in [0.1, 0.15) is 24.3 Å². The highest BCUT2D eigenvalue weighted by Crippen LogP contribution is 2.10. The fraction of sp³-hybridized carbons (Fsp3) is 0.786. The van der Waals surface area contributed by atoms with E-state index in [9.17, 15) is 39.0 Å². The van der Waals surface area contributed by atoms with E-state index in [2.05, 4.69) is 26.0 Å². The molecule has 16 heteroatoms. The molecular formula is C28H52N4O12. The van der Waals surface area contributed by atoms with Crippen molar-refractivity contribution in [1.29, 1.82) is 0 Å². The van der Waals surface area contributed by atoms with E-state index >= 15 is 0 Å². The average molecular weight is 637 g/mol. The number of esters is 1. The molecule has 0 aromatic heterocycles. The number of hydrogen-bond acceptors (Lipinski definition) is 11. The van der Waals surface area contributed by atoms with Gasteiger partial charge in [-0.15, -0.1) is 0 Å². The molecule has 0 aliphatic rings. The summed E-state index contributed by atoms with van der Waals surface area (Å²) in [5, 5.41) is 37.7. The van der Waals surface area contributed by atoms with Crippen LogP contribution in [0.25, 0.3) is 0 Å². The smallest absolute Gasteiger partial charge is 0.407 e. The number of carboxylic acids is 1. The van der Waals surface area contributed by atoms with Crippen molar-refractivity contribution in [3.8, 4) is 0 Å². The summed E-state index contributed by atoms with van der Waals surface area (Å²) in [5.74, 6) is -3.43. The molecule has 0 fully saturated rings. The lowest BCUT2D eigenvalue weighted by atomic mass is 10.1. The monoisotopic (exact) mass is 636 g/mol. The molecule has 0 aliphatic heterocycles. The first-order chi connectivity index (χ1) is 20.2. The second-order valence-corrected chi connectivity index (χ2v) is 11.6. The van der Waals surface area contributed by atoms with Crippen LogP contribution >= 0.6 is 0 Å². The zero-order chi connectivity index (χ0) is 34.7. The number of carboxylic acid groups (broad SMARTS) is 1. The second-order valence-electron chi connectivity index (χ2n) is 11.6. The Morgan fingerprint density at radius 1 is 0.659 bits per heavy atom.